The highest BCUT2D eigenvalue weighted by Crippen LogP contribution is 2.32. The van der Waals surface area contributed by atoms with Gasteiger partial charge in [0.15, 0.2) is 0 Å². The van der Waals surface area contributed by atoms with E-state index in [9.17, 15) is 5.11 Å². The zero-order valence-electron chi connectivity index (χ0n) is 12.1. The first kappa shape index (κ1) is 17.2. The van der Waals surface area contributed by atoms with Crippen LogP contribution in [0, 0.1) is 0 Å². The van der Waals surface area contributed by atoms with Crippen LogP contribution in [0.4, 0.5) is 5.13 Å². The van der Waals surface area contributed by atoms with Gasteiger partial charge in [0.1, 0.15) is 5.75 Å². The van der Waals surface area contributed by atoms with Gasteiger partial charge in [-0.2, -0.15) is 5.11 Å². The maximum absolute atomic E-state index is 9.88. The van der Waals surface area contributed by atoms with Crippen LogP contribution in [0.15, 0.2) is 52.0 Å². The van der Waals surface area contributed by atoms with Gasteiger partial charge in [0, 0.05) is 26.6 Å². The number of nitrogens with zero attached hydrogens (tertiary/aromatic N) is 3. The van der Waals surface area contributed by atoms with Gasteiger partial charge in [0.25, 0.3) is 0 Å². The zero-order chi connectivity index (χ0) is 17.1. The molecule has 0 saturated heterocycles. The second-order valence-electron chi connectivity index (χ2n) is 4.82. The summed E-state index contributed by atoms with van der Waals surface area (Å²) >= 11 is 19.0. The van der Waals surface area contributed by atoms with Gasteiger partial charge in [-0.05, 0) is 24.3 Å². The number of phenolic OH excluding ortho intramolecular Hbond substituents is 1. The summed E-state index contributed by atoms with van der Waals surface area (Å²) in [4.78, 5) is 4.40. The number of hydrogen-bond donors (Lipinski definition) is 1. The van der Waals surface area contributed by atoms with Crippen molar-refractivity contribution in [3.8, 4) is 17.0 Å². The first-order valence-electron chi connectivity index (χ1n) is 6.79. The lowest BCUT2D eigenvalue weighted by Crippen LogP contribution is -1.83. The minimum atomic E-state index is -0.0407. The summed E-state index contributed by atoms with van der Waals surface area (Å²) in [5.74, 6) is -0.0407. The second-order valence-corrected chi connectivity index (χ2v) is 6.93. The minimum Gasteiger partial charge on any atom is -0.506 e. The molecule has 3 rings (SSSR count). The van der Waals surface area contributed by atoms with Crippen LogP contribution in [-0.4, -0.2) is 10.1 Å². The van der Waals surface area contributed by atoms with Crippen molar-refractivity contribution in [2.24, 2.45) is 10.2 Å². The molecule has 0 saturated carbocycles. The molecule has 0 aliphatic heterocycles. The van der Waals surface area contributed by atoms with Crippen LogP contribution in [-0.2, 0) is 6.54 Å². The predicted molar refractivity (Wildman–Crippen MR) is 98.9 cm³/mol. The lowest BCUT2D eigenvalue weighted by Gasteiger charge is -2.03. The van der Waals surface area contributed by atoms with Crippen LogP contribution in [0.2, 0.25) is 15.1 Å². The quantitative estimate of drug-likeness (QED) is 0.493. The van der Waals surface area contributed by atoms with Gasteiger partial charge in [-0.25, -0.2) is 4.98 Å². The number of thiazole rings is 1. The van der Waals surface area contributed by atoms with Crippen LogP contribution in [0.5, 0.6) is 5.75 Å². The molecule has 0 radical (unpaired) electrons. The summed E-state index contributed by atoms with van der Waals surface area (Å²) in [7, 11) is 0. The van der Waals surface area contributed by atoms with E-state index < -0.39 is 0 Å². The van der Waals surface area contributed by atoms with E-state index in [2.05, 4.69) is 15.2 Å². The van der Waals surface area contributed by atoms with Crippen LogP contribution in [0.1, 0.15) is 5.56 Å². The highest BCUT2D eigenvalue weighted by atomic mass is 35.5. The van der Waals surface area contributed by atoms with Gasteiger partial charge >= 0.3 is 0 Å². The van der Waals surface area contributed by atoms with Gasteiger partial charge in [-0.1, -0.05) is 46.9 Å². The van der Waals surface area contributed by atoms with Crippen LogP contribution in [0.3, 0.4) is 0 Å². The Labute approximate surface area is 157 Å². The average Bonchev–Trinajstić information content (AvgIpc) is 3.01. The Morgan fingerprint density at radius 1 is 1.04 bits per heavy atom. The second kappa shape index (κ2) is 7.49. The zero-order valence-corrected chi connectivity index (χ0v) is 15.2. The summed E-state index contributed by atoms with van der Waals surface area (Å²) in [6.07, 6.45) is 0. The van der Waals surface area contributed by atoms with Crippen molar-refractivity contribution in [2.75, 3.05) is 0 Å². The molecule has 0 amide bonds. The van der Waals surface area contributed by atoms with E-state index in [0.29, 0.717) is 20.7 Å². The van der Waals surface area contributed by atoms with E-state index in [1.54, 1.807) is 6.07 Å². The first-order chi connectivity index (χ1) is 11.5. The number of rotatable bonds is 4. The van der Waals surface area contributed by atoms with Gasteiger partial charge in [0.05, 0.1) is 17.3 Å². The highest BCUT2D eigenvalue weighted by molar-refractivity contribution is 7.13. The van der Waals surface area contributed by atoms with Crippen molar-refractivity contribution >= 4 is 51.3 Å². The van der Waals surface area contributed by atoms with E-state index in [1.807, 2.05) is 29.6 Å². The molecule has 1 N–H and O–H groups in total. The maximum Gasteiger partial charge on any atom is 0.230 e. The summed E-state index contributed by atoms with van der Waals surface area (Å²) in [6.45, 7) is 0.155. The van der Waals surface area contributed by atoms with Crippen molar-refractivity contribution in [2.45, 2.75) is 6.54 Å². The van der Waals surface area contributed by atoms with Crippen molar-refractivity contribution in [1.82, 2.24) is 4.98 Å². The molecule has 0 aliphatic rings. The number of halogens is 3. The topological polar surface area (TPSA) is 57.8 Å². The molecule has 1 aromatic heterocycles. The number of benzene rings is 2. The number of aromatic nitrogens is 1. The van der Waals surface area contributed by atoms with E-state index in [4.69, 9.17) is 34.8 Å². The molecule has 8 heteroatoms. The van der Waals surface area contributed by atoms with E-state index in [-0.39, 0.29) is 17.3 Å². The van der Waals surface area contributed by atoms with Gasteiger partial charge < -0.3 is 5.11 Å². The van der Waals surface area contributed by atoms with E-state index >= 15 is 0 Å². The summed E-state index contributed by atoms with van der Waals surface area (Å²) in [5, 5.41) is 21.7. The molecular weight excluding hydrogens is 389 g/mol. The molecule has 24 heavy (non-hydrogen) atoms. The largest absolute Gasteiger partial charge is 0.506 e. The third kappa shape index (κ3) is 4.05. The van der Waals surface area contributed by atoms with Gasteiger partial charge in [0.2, 0.25) is 5.13 Å². The Kier molecular flexibility index (Phi) is 5.36. The third-order valence-electron chi connectivity index (χ3n) is 3.14. The maximum atomic E-state index is 9.88. The SMILES string of the molecule is Oc1c(Cl)cc(Cl)cc1CN=Nc1nc(-c2ccc(Cl)cc2)cs1. The molecule has 2 aromatic carbocycles. The normalized spacial score (nSPS) is 11.3. The number of azo groups is 1. The Morgan fingerprint density at radius 3 is 2.54 bits per heavy atom. The fourth-order valence-electron chi connectivity index (χ4n) is 1.98. The van der Waals surface area contributed by atoms with Crippen LogP contribution in [0.25, 0.3) is 11.3 Å². The molecule has 0 unspecified atom stereocenters. The molecule has 0 atom stereocenters. The Bertz CT molecular complexity index is 894. The molecular formula is C16H10Cl3N3OS. The molecule has 0 bridgehead atoms. The molecule has 0 fully saturated rings. The van der Waals surface area contributed by atoms with Crippen molar-refractivity contribution in [1.29, 1.82) is 0 Å². The summed E-state index contributed by atoms with van der Waals surface area (Å²) < 4.78 is 0. The van der Waals surface area contributed by atoms with Gasteiger partial charge in [-0.3, -0.25) is 0 Å². The predicted octanol–water partition coefficient (Wildman–Crippen LogP) is 6.76. The summed E-state index contributed by atoms with van der Waals surface area (Å²) in [5.41, 5.74) is 2.27. The lowest BCUT2D eigenvalue weighted by molar-refractivity contribution is 0.468. The third-order valence-corrected chi connectivity index (χ3v) is 4.62. The standard InChI is InChI=1S/C16H10Cl3N3OS/c17-11-3-1-9(2-4-11)14-8-24-16(21-14)22-20-7-10-5-12(18)6-13(19)15(10)23/h1-6,8,23H,7H2. The van der Waals surface area contributed by atoms with E-state index in [0.717, 1.165) is 11.3 Å². The van der Waals surface area contributed by atoms with Crippen molar-refractivity contribution in [3.05, 3.63) is 62.4 Å². The minimum absolute atomic E-state index is 0.0407. The highest BCUT2D eigenvalue weighted by Gasteiger charge is 2.08. The molecule has 3 aromatic rings. The molecule has 0 spiro atoms. The molecule has 4 nitrogen and oxygen atoms in total. The fourth-order valence-corrected chi connectivity index (χ4v) is 3.30. The first-order valence-corrected chi connectivity index (χ1v) is 8.80. The lowest BCUT2D eigenvalue weighted by atomic mass is 10.2. The van der Waals surface area contributed by atoms with Crippen molar-refractivity contribution < 1.29 is 5.11 Å². The van der Waals surface area contributed by atoms with E-state index in [1.165, 1.54) is 17.4 Å². The number of aromatic hydroxyl groups is 1. The fraction of sp³-hybridized carbons (Fsp3) is 0.0625. The van der Waals surface area contributed by atoms with Crippen molar-refractivity contribution in [3.63, 3.8) is 0 Å². The van der Waals surface area contributed by atoms with Crippen LogP contribution >= 0.6 is 46.1 Å². The van der Waals surface area contributed by atoms with Crippen LogP contribution < -0.4 is 0 Å². The molecule has 122 valence electrons. The van der Waals surface area contributed by atoms with Gasteiger partial charge in [-0.15, -0.1) is 16.5 Å². The average molecular weight is 399 g/mol. The number of phenols is 1. The molecule has 0 aliphatic carbocycles. The summed E-state index contributed by atoms with van der Waals surface area (Å²) in [6, 6.07) is 10.5. The molecule has 1 heterocycles. The number of hydrogen-bond acceptors (Lipinski definition) is 5. The Morgan fingerprint density at radius 2 is 1.79 bits per heavy atom. The smallest absolute Gasteiger partial charge is 0.230 e. The monoisotopic (exact) mass is 397 g/mol. The Hall–Kier alpha value is -1.66. The Balaban J connectivity index is 1.73.